The van der Waals surface area contributed by atoms with Crippen LogP contribution in [0.1, 0.15) is 43.0 Å². The van der Waals surface area contributed by atoms with Crippen LogP contribution in [0.4, 0.5) is 0 Å². The molecule has 0 bridgehead atoms. The van der Waals surface area contributed by atoms with E-state index in [1.165, 1.54) is 0 Å². The number of hydrogen-bond donors (Lipinski definition) is 0. The molecule has 0 N–H and O–H groups in total. The topological polar surface area (TPSA) is 81.1 Å². The molecule has 7 heteroatoms. The highest BCUT2D eigenvalue weighted by Gasteiger charge is 2.29. The zero-order chi connectivity index (χ0) is 17.1. The maximum atomic E-state index is 5.61. The summed E-state index contributed by atoms with van der Waals surface area (Å²) in [6, 6.07) is 10.1. The second kappa shape index (κ2) is 7.14. The first kappa shape index (κ1) is 16.0. The van der Waals surface area contributed by atoms with Crippen molar-refractivity contribution < 1.29 is 8.94 Å². The minimum Gasteiger partial charge on any atom is -0.424 e. The minimum absolute atomic E-state index is 0.240. The van der Waals surface area contributed by atoms with Gasteiger partial charge in [-0.2, -0.15) is 4.98 Å². The molecule has 3 aromatic rings. The lowest BCUT2D eigenvalue weighted by Crippen LogP contribution is -2.25. The first-order valence-corrected chi connectivity index (χ1v) is 8.71. The zero-order valence-corrected chi connectivity index (χ0v) is 14.3. The predicted molar refractivity (Wildman–Crippen MR) is 90.6 cm³/mol. The summed E-state index contributed by atoms with van der Waals surface area (Å²) in [7, 11) is 0. The van der Waals surface area contributed by atoms with Crippen LogP contribution in [-0.4, -0.2) is 38.3 Å². The molecule has 0 spiro atoms. The fourth-order valence-corrected chi connectivity index (χ4v) is 3.31. The van der Waals surface area contributed by atoms with Gasteiger partial charge in [0, 0.05) is 18.9 Å². The molecule has 25 heavy (non-hydrogen) atoms. The highest BCUT2D eigenvalue weighted by Crippen LogP contribution is 2.31. The number of hydrogen-bond acceptors (Lipinski definition) is 7. The molecule has 1 atom stereocenters. The van der Waals surface area contributed by atoms with Crippen LogP contribution in [0, 0.1) is 6.92 Å². The maximum absolute atomic E-state index is 5.61. The van der Waals surface area contributed by atoms with Crippen LogP contribution in [0.25, 0.3) is 11.4 Å². The van der Waals surface area contributed by atoms with Crippen LogP contribution in [0.3, 0.4) is 0 Å². The molecule has 1 fully saturated rings. The molecule has 1 saturated heterocycles. The molecule has 130 valence electrons. The zero-order valence-electron chi connectivity index (χ0n) is 14.3. The van der Waals surface area contributed by atoms with Crippen molar-refractivity contribution in [3.8, 4) is 11.4 Å². The first-order valence-electron chi connectivity index (χ1n) is 8.71. The third-order valence-electron chi connectivity index (χ3n) is 4.53. The van der Waals surface area contributed by atoms with Crippen LogP contribution in [0.15, 0.2) is 39.3 Å². The van der Waals surface area contributed by atoms with Gasteiger partial charge in [0.15, 0.2) is 0 Å². The number of aryl methyl sites for hydroxylation is 2. The van der Waals surface area contributed by atoms with Gasteiger partial charge in [0.2, 0.25) is 23.5 Å². The summed E-state index contributed by atoms with van der Waals surface area (Å²) < 4.78 is 11.0. The molecule has 0 radical (unpaired) electrons. The van der Waals surface area contributed by atoms with Crippen molar-refractivity contribution in [2.45, 2.75) is 38.6 Å². The Labute approximate surface area is 146 Å². The fourth-order valence-electron chi connectivity index (χ4n) is 3.31. The van der Waals surface area contributed by atoms with Gasteiger partial charge in [0.1, 0.15) is 0 Å². The Kier molecular flexibility index (Phi) is 4.56. The summed E-state index contributed by atoms with van der Waals surface area (Å²) >= 11 is 0. The molecule has 7 nitrogen and oxygen atoms in total. The molecule has 1 aliphatic rings. The van der Waals surface area contributed by atoms with E-state index in [-0.39, 0.29) is 6.04 Å². The highest BCUT2D eigenvalue weighted by molar-refractivity contribution is 5.53. The Morgan fingerprint density at radius 3 is 2.88 bits per heavy atom. The van der Waals surface area contributed by atoms with Gasteiger partial charge in [-0.1, -0.05) is 35.5 Å². The monoisotopic (exact) mass is 339 g/mol. The summed E-state index contributed by atoms with van der Waals surface area (Å²) in [5.41, 5.74) is 0.976. The number of aromatic nitrogens is 4. The summed E-state index contributed by atoms with van der Waals surface area (Å²) in [6.07, 6.45) is 3.96. The van der Waals surface area contributed by atoms with E-state index in [9.17, 15) is 0 Å². The Balaban J connectivity index is 1.32. The molecule has 0 saturated carbocycles. The van der Waals surface area contributed by atoms with E-state index in [0.29, 0.717) is 17.6 Å². The van der Waals surface area contributed by atoms with E-state index in [0.717, 1.165) is 50.2 Å². The Bertz CT molecular complexity index is 814. The largest absolute Gasteiger partial charge is 0.424 e. The summed E-state index contributed by atoms with van der Waals surface area (Å²) in [5.74, 6) is 2.69. The molecule has 3 heterocycles. The lowest BCUT2D eigenvalue weighted by Gasteiger charge is -2.20. The van der Waals surface area contributed by atoms with E-state index >= 15 is 0 Å². The molecule has 0 aliphatic carbocycles. The van der Waals surface area contributed by atoms with Gasteiger partial charge in [0.05, 0.1) is 6.04 Å². The van der Waals surface area contributed by atoms with Crippen molar-refractivity contribution in [2.75, 3.05) is 13.1 Å². The number of rotatable bonds is 6. The smallest absolute Gasteiger partial charge is 0.233 e. The molecular formula is C18H21N5O2. The van der Waals surface area contributed by atoms with Crippen LogP contribution in [0.2, 0.25) is 0 Å². The van der Waals surface area contributed by atoms with Crippen molar-refractivity contribution in [1.29, 1.82) is 0 Å². The Hall–Kier alpha value is -2.54. The SMILES string of the molecule is Cc1nnc(C2CCCN2CCCc2nc(-c3ccccc3)no2)o1. The average Bonchev–Trinajstić information content (AvgIpc) is 3.36. The Morgan fingerprint density at radius 1 is 1.20 bits per heavy atom. The summed E-state index contributed by atoms with van der Waals surface area (Å²) in [6.45, 7) is 3.84. The number of benzene rings is 1. The molecule has 4 rings (SSSR count). The summed E-state index contributed by atoms with van der Waals surface area (Å²) in [5, 5.41) is 12.2. The number of likely N-dealkylation sites (tertiary alicyclic amines) is 1. The quantitative estimate of drug-likeness (QED) is 0.682. The van der Waals surface area contributed by atoms with Gasteiger partial charge in [-0.05, 0) is 32.4 Å². The second-order valence-corrected chi connectivity index (χ2v) is 6.33. The van der Waals surface area contributed by atoms with E-state index in [4.69, 9.17) is 8.94 Å². The molecule has 1 aliphatic heterocycles. The maximum Gasteiger partial charge on any atom is 0.233 e. The average molecular weight is 339 g/mol. The lowest BCUT2D eigenvalue weighted by molar-refractivity contribution is 0.216. The second-order valence-electron chi connectivity index (χ2n) is 6.33. The van der Waals surface area contributed by atoms with Gasteiger partial charge in [-0.25, -0.2) is 0 Å². The minimum atomic E-state index is 0.240. The number of nitrogens with zero attached hydrogens (tertiary/aromatic N) is 5. The van der Waals surface area contributed by atoms with Crippen molar-refractivity contribution in [2.24, 2.45) is 0 Å². The fraction of sp³-hybridized carbons (Fsp3) is 0.444. The normalized spacial score (nSPS) is 18.0. The third kappa shape index (κ3) is 3.61. The standard InChI is InChI=1S/C18H21N5O2/c1-13-20-21-18(24-13)15-9-5-11-23(15)12-6-10-16-19-17(22-25-16)14-7-3-2-4-8-14/h2-4,7-8,15H,5-6,9-12H2,1H3. The highest BCUT2D eigenvalue weighted by atomic mass is 16.5. The van der Waals surface area contributed by atoms with Crippen molar-refractivity contribution >= 4 is 0 Å². The van der Waals surface area contributed by atoms with Crippen molar-refractivity contribution in [3.05, 3.63) is 48.0 Å². The van der Waals surface area contributed by atoms with Gasteiger partial charge in [0.25, 0.3) is 0 Å². The van der Waals surface area contributed by atoms with E-state index < -0.39 is 0 Å². The van der Waals surface area contributed by atoms with Crippen LogP contribution in [-0.2, 0) is 6.42 Å². The van der Waals surface area contributed by atoms with E-state index in [1.807, 2.05) is 37.3 Å². The summed E-state index contributed by atoms with van der Waals surface area (Å²) in [4.78, 5) is 6.89. The first-order chi connectivity index (χ1) is 12.3. The van der Waals surface area contributed by atoms with Gasteiger partial charge < -0.3 is 8.94 Å². The van der Waals surface area contributed by atoms with Gasteiger partial charge >= 0.3 is 0 Å². The van der Waals surface area contributed by atoms with Gasteiger partial charge in [-0.3, -0.25) is 4.90 Å². The lowest BCUT2D eigenvalue weighted by atomic mass is 10.2. The molecule has 1 aromatic carbocycles. The van der Waals surface area contributed by atoms with Crippen molar-refractivity contribution in [1.82, 2.24) is 25.2 Å². The molecular weight excluding hydrogens is 318 g/mol. The van der Waals surface area contributed by atoms with Crippen molar-refractivity contribution in [3.63, 3.8) is 0 Å². The molecule has 0 amide bonds. The van der Waals surface area contributed by atoms with Crippen LogP contribution < -0.4 is 0 Å². The molecule has 2 aromatic heterocycles. The van der Waals surface area contributed by atoms with Crippen LogP contribution >= 0.6 is 0 Å². The predicted octanol–water partition coefficient (Wildman–Crippen LogP) is 3.20. The molecule has 1 unspecified atom stereocenters. The third-order valence-corrected chi connectivity index (χ3v) is 4.53. The Morgan fingerprint density at radius 2 is 2.08 bits per heavy atom. The van der Waals surface area contributed by atoms with E-state index in [1.54, 1.807) is 0 Å². The van der Waals surface area contributed by atoms with Gasteiger partial charge in [-0.15, -0.1) is 10.2 Å². The van der Waals surface area contributed by atoms with Crippen LogP contribution in [0.5, 0.6) is 0 Å². The van der Waals surface area contributed by atoms with E-state index in [2.05, 4.69) is 25.2 Å².